The van der Waals surface area contributed by atoms with Crippen molar-refractivity contribution in [3.63, 3.8) is 0 Å². The van der Waals surface area contributed by atoms with Gasteiger partial charge in [0.25, 0.3) is 0 Å². The van der Waals surface area contributed by atoms with E-state index >= 15 is 0 Å². The Labute approximate surface area is 373 Å². The molecule has 2 aliphatic rings. The van der Waals surface area contributed by atoms with Gasteiger partial charge in [-0.15, -0.1) is 22.7 Å². The number of para-hydroxylation sites is 2. The third-order valence-electron chi connectivity index (χ3n) is 13.2. The number of hydrogen-bond donors (Lipinski definition) is 3. The Hall–Kier alpha value is -6.64. The van der Waals surface area contributed by atoms with E-state index in [9.17, 15) is 0 Å². The molecule has 3 atom stereocenters. The van der Waals surface area contributed by atoms with Crippen LogP contribution in [-0.4, -0.2) is 4.57 Å². The first-order valence-electron chi connectivity index (χ1n) is 21.9. The molecule has 0 spiro atoms. The van der Waals surface area contributed by atoms with Gasteiger partial charge in [-0.2, -0.15) is 0 Å². The summed E-state index contributed by atoms with van der Waals surface area (Å²) in [6.45, 7) is 0. The molecule has 8 aromatic carbocycles. The van der Waals surface area contributed by atoms with Crippen LogP contribution in [0.1, 0.15) is 53.6 Å². The third-order valence-corrected chi connectivity index (χ3v) is 15.8. The Balaban J connectivity index is 0.978. The van der Waals surface area contributed by atoms with Crippen molar-refractivity contribution in [1.29, 1.82) is 0 Å². The van der Waals surface area contributed by atoms with E-state index in [-0.39, 0.29) is 18.5 Å². The molecule has 0 amide bonds. The van der Waals surface area contributed by atoms with Crippen LogP contribution in [0.4, 0.5) is 0 Å². The standard InChI is InChI=1S/C57H42N4S2/c1-3-15-35(16-4-1)36-29-31-38(32-30-36)55-58-56(60-57(59-55)45-23-14-28-50-52(45)44-34-33-41-40-19-9-12-27-49(40)62-53(41)54(44)63-50)43-21-8-11-25-47(43)61-46-24-10-7-20-42(46)51-39(22-13-26-48(51)61)37-17-5-2-6-18-37/h1-5,7-17,19-34,55-60H,6,18H2. The molecular formula is C57H42N4S2. The largest absolute Gasteiger partial charge is 0.309 e. The monoisotopic (exact) mass is 846 g/mol. The van der Waals surface area contributed by atoms with E-state index in [1.165, 1.54) is 101 Å². The van der Waals surface area contributed by atoms with Gasteiger partial charge in [-0.05, 0) is 76.6 Å². The number of benzene rings is 8. The Morgan fingerprint density at radius 2 is 1.11 bits per heavy atom. The summed E-state index contributed by atoms with van der Waals surface area (Å²) in [6.07, 6.45) is 8.38. The zero-order valence-corrected chi connectivity index (χ0v) is 36.0. The van der Waals surface area contributed by atoms with Gasteiger partial charge in [0.15, 0.2) is 0 Å². The van der Waals surface area contributed by atoms with Gasteiger partial charge in [-0.3, -0.25) is 16.0 Å². The summed E-state index contributed by atoms with van der Waals surface area (Å²) in [4.78, 5) is 0. The van der Waals surface area contributed by atoms with E-state index in [2.05, 4.69) is 215 Å². The minimum Gasteiger partial charge on any atom is -0.309 e. The van der Waals surface area contributed by atoms with E-state index in [0.717, 1.165) is 18.5 Å². The highest BCUT2D eigenvalue weighted by Crippen LogP contribution is 2.47. The first kappa shape index (κ1) is 37.0. The predicted molar refractivity (Wildman–Crippen MR) is 269 cm³/mol. The SMILES string of the molecule is C1=CCCC(c2cccc3c2c2ccccc2n3-c2ccccc2C2NC(c3ccc(-c4ccccc4)cc3)NC(c3cccc4sc5c(ccc6c7ccccc7sc65)c34)N2)=C1. The van der Waals surface area contributed by atoms with E-state index in [4.69, 9.17) is 0 Å². The maximum absolute atomic E-state index is 4.14. The van der Waals surface area contributed by atoms with E-state index in [0.29, 0.717) is 0 Å². The summed E-state index contributed by atoms with van der Waals surface area (Å²) < 4.78 is 7.88. The van der Waals surface area contributed by atoms with Crippen molar-refractivity contribution in [2.45, 2.75) is 31.3 Å². The van der Waals surface area contributed by atoms with Crippen LogP contribution in [0.5, 0.6) is 0 Å². The van der Waals surface area contributed by atoms with Gasteiger partial charge in [0, 0.05) is 47.3 Å². The number of nitrogens with one attached hydrogen (secondary N) is 3. The second-order valence-corrected chi connectivity index (χ2v) is 18.9. The fraction of sp³-hybridized carbons (Fsp3) is 0.0877. The lowest BCUT2D eigenvalue weighted by Crippen LogP contribution is -2.54. The number of thiophene rings is 2. The summed E-state index contributed by atoms with van der Waals surface area (Å²) >= 11 is 3.83. The number of nitrogens with zero attached hydrogens (tertiary/aromatic N) is 1. The maximum Gasteiger partial charge on any atom is 0.0885 e. The fourth-order valence-corrected chi connectivity index (χ4v) is 12.9. The molecule has 6 heteroatoms. The van der Waals surface area contributed by atoms with Crippen LogP contribution < -0.4 is 16.0 Å². The van der Waals surface area contributed by atoms with Crippen molar-refractivity contribution < 1.29 is 0 Å². The van der Waals surface area contributed by atoms with Crippen LogP contribution in [0.2, 0.25) is 0 Å². The summed E-state index contributed by atoms with van der Waals surface area (Å²) in [6, 6.07) is 64.8. The Bertz CT molecular complexity index is 3630. The molecular weight excluding hydrogens is 805 g/mol. The smallest absolute Gasteiger partial charge is 0.0885 e. The number of aromatic nitrogens is 1. The first-order chi connectivity index (χ1) is 31.2. The van der Waals surface area contributed by atoms with Gasteiger partial charge >= 0.3 is 0 Å². The molecule has 3 aromatic heterocycles. The van der Waals surface area contributed by atoms with E-state index in [1.54, 1.807) is 0 Å². The second-order valence-electron chi connectivity index (χ2n) is 16.8. The van der Waals surface area contributed by atoms with Crippen molar-refractivity contribution in [3.8, 4) is 16.8 Å². The Kier molecular flexibility index (Phi) is 8.81. The fourth-order valence-electron chi connectivity index (χ4n) is 10.3. The lowest BCUT2D eigenvalue weighted by molar-refractivity contribution is 0.204. The van der Waals surface area contributed by atoms with Crippen molar-refractivity contribution in [1.82, 2.24) is 20.5 Å². The molecule has 1 saturated heterocycles. The highest BCUT2D eigenvalue weighted by Gasteiger charge is 2.33. The molecule has 0 radical (unpaired) electrons. The van der Waals surface area contributed by atoms with Gasteiger partial charge in [-0.1, -0.05) is 164 Å². The highest BCUT2D eigenvalue weighted by atomic mass is 32.1. The molecule has 1 fully saturated rings. The van der Waals surface area contributed by atoms with Crippen LogP contribution in [0.15, 0.2) is 194 Å². The minimum absolute atomic E-state index is 0.148. The van der Waals surface area contributed by atoms with Gasteiger partial charge in [0.1, 0.15) is 0 Å². The number of hydrogen-bond acceptors (Lipinski definition) is 5. The molecule has 13 rings (SSSR count). The van der Waals surface area contributed by atoms with E-state index < -0.39 is 0 Å². The van der Waals surface area contributed by atoms with Crippen LogP contribution in [-0.2, 0) is 0 Å². The zero-order valence-electron chi connectivity index (χ0n) is 34.4. The quantitative estimate of drug-likeness (QED) is 0.156. The molecule has 3 unspecified atom stereocenters. The Morgan fingerprint density at radius 3 is 1.98 bits per heavy atom. The molecule has 1 aliphatic carbocycles. The van der Waals surface area contributed by atoms with E-state index in [1.807, 2.05) is 22.7 Å². The number of rotatable bonds is 6. The summed E-state index contributed by atoms with van der Waals surface area (Å²) in [5, 5.41) is 20.2. The number of fused-ring (bicyclic) bond motifs is 10. The van der Waals surface area contributed by atoms with Crippen molar-refractivity contribution in [2.75, 3.05) is 0 Å². The summed E-state index contributed by atoms with van der Waals surface area (Å²) in [5.74, 6) is 0. The maximum atomic E-state index is 4.14. The molecule has 63 heavy (non-hydrogen) atoms. The molecule has 4 nitrogen and oxygen atoms in total. The minimum atomic E-state index is -0.203. The summed E-state index contributed by atoms with van der Waals surface area (Å²) in [7, 11) is 0. The van der Waals surface area contributed by atoms with Crippen LogP contribution in [0.3, 0.4) is 0 Å². The molecule has 1 aliphatic heterocycles. The van der Waals surface area contributed by atoms with Gasteiger partial charge < -0.3 is 4.57 Å². The predicted octanol–water partition coefficient (Wildman–Crippen LogP) is 15.1. The molecule has 0 saturated carbocycles. The van der Waals surface area contributed by atoms with Crippen LogP contribution in [0, 0.1) is 0 Å². The molecule has 3 N–H and O–H groups in total. The van der Waals surface area contributed by atoms with Gasteiger partial charge in [0.2, 0.25) is 0 Å². The average molecular weight is 847 g/mol. The van der Waals surface area contributed by atoms with Crippen molar-refractivity contribution >= 4 is 90.4 Å². The second kappa shape index (κ2) is 15.0. The molecule has 302 valence electrons. The summed E-state index contributed by atoms with van der Waals surface area (Å²) in [5.41, 5.74) is 12.4. The van der Waals surface area contributed by atoms with Gasteiger partial charge in [0.05, 0.1) is 44.6 Å². The van der Waals surface area contributed by atoms with Gasteiger partial charge in [-0.25, -0.2) is 0 Å². The third kappa shape index (κ3) is 6.05. The highest BCUT2D eigenvalue weighted by molar-refractivity contribution is 7.33. The van der Waals surface area contributed by atoms with Crippen LogP contribution in [0.25, 0.3) is 84.5 Å². The first-order valence-corrected chi connectivity index (χ1v) is 23.5. The number of allylic oxidation sites excluding steroid dienone is 4. The topological polar surface area (TPSA) is 41.0 Å². The molecule has 11 aromatic rings. The molecule has 4 heterocycles. The molecule has 0 bridgehead atoms. The van der Waals surface area contributed by atoms with Crippen molar-refractivity contribution in [2.24, 2.45) is 0 Å². The Morgan fingerprint density at radius 1 is 0.460 bits per heavy atom. The average Bonchev–Trinajstić information content (AvgIpc) is 4.04. The lowest BCUT2D eigenvalue weighted by Gasteiger charge is -2.40. The normalized spacial score (nSPS) is 18.0. The van der Waals surface area contributed by atoms with Crippen LogP contribution >= 0.6 is 22.7 Å². The lowest BCUT2D eigenvalue weighted by atomic mass is 9.93. The zero-order chi connectivity index (χ0) is 41.4. The van der Waals surface area contributed by atoms with Crippen molar-refractivity contribution in [3.05, 3.63) is 216 Å².